The maximum Gasteiger partial charge on any atom is 0.0462 e. The van der Waals surface area contributed by atoms with E-state index in [2.05, 4.69) is 12.2 Å². The van der Waals surface area contributed by atoms with Crippen LogP contribution in [0.2, 0.25) is 0 Å². The van der Waals surface area contributed by atoms with Crippen molar-refractivity contribution in [1.29, 1.82) is 0 Å². The van der Waals surface area contributed by atoms with Gasteiger partial charge in [0, 0.05) is 24.5 Å². The van der Waals surface area contributed by atoms with Crippen molar-refractivity contribution < 1.29 is 5.11 Å². The first-order valence-electron chi connectivity index (χ1n) is 6.91. The molecule has 1 aliphatic rings. The summed E-state index contributed by atoms with van der Waals surface area (Å²) in [5.74, 6) is 1.05. The molecule has 1 fully saturated rings. The van der Waals surface area contributed by atoms with Crippen molar-refractivity contribution in [2.24, 2.45) is 11.8 Å². The van der Waals surface area contributed by atoms with E-state index in [0.717, 1.165) is 17.9 Å². The quantitative estimate of drug-likeness (QED) is 0.718. The number of hydrogen-bond acceptors (Lipinski definition) is 3. The highest BCUT2D eigenvalue weighted by molar-refractivity contribution is 5.59. The minimum Gasteiger partial charge on any atom is -0.399 e. The zero-order valence-electron chi connectivity index (χ0n) is 11.2. The number of aryl methyl sites for hydroxylation is 1. The molecule has 0 aromatic heterocycles. The lowest BCUT2D eigenvalue weighted by atomic mass is 9.79. The third kappa shape index (κ3) is 3.16. The molecule has 0 saturated heterocycles. The van der Waals surface area contributed by atoms with Crippen LogP contribution in [0.3, 0.4) is 0 Å². The molecule has 3 heteroatoms. The summed E-state index contributed by atoms with van der Waals surface area (Å²) in [6.45, 7) is 3.35. The molecule has 0 amide bonds. The number of rotatable bonds is 4. The Kier molecular flexibility index (Phi) is 4.48. The van der Waals surface area contributed by atoms with Crippen molar-refractivity contribution in [3.05, 3.63) is 23.8 Å². The van der Waals surface area contributed by atoms with Gasteiger partial charge in [0.1, 0.15) is 0 Å². The van der Waals surface area contributed by atoms with Crippen LogP contribution in [0.15, 0.2) is 18.2 Å². The second-order valence-electron chi connectivity index (χ2n) is 5.44. The summed E-state index contributed by atoms with van der Waals surface area (Å²) < 4.78 is 0. The Bertz CT molecular complexity index is 392. The smallest absolute Gasteiger partial charge is 0.0462 e. The van der Waals surface area contributed by atoms with Gasteiger partial charge in [0.25, 0.3) is 0 Å². The standard InChI is InChI=1S/C15H24N2O/c1-11-6-7-14(16)8-15(11)17-9-12-4-2-3-5-13(12)10-18/h6-8,12-13,17-18H,2-5,9-10,16H2,1H3. The third-order valence-corrected chi connectivity index (χ3v) is 4.12. The molecule has 1 saturated carbocycles. The minimum atomic E-state index is 0.322. The van der Waals surface area contributed by atoms with Gasteiger partial charge < -0.3 is 16.2 Å². The van der Waals surface area contributed by atoms with Gasteiger partial charge in [-0.05, 0) is 49.3 Å². The fourth-order valence-corrected chi connectivity index (χ4v) is 2.86. The normalized spacial score (nSPS) is 23.9. The zero-order chi connectivity index (χ0) is 13.0. The molecule has 0 spiro atoms. The predicted octanol–water partition coefficient (Wildman–Crippen LogP) is 2.79. The summed E-state index contributed by atoms with van der Waals surface area (Å²) in [6.07, 6.45) is 4.94. The topological polar surface area (TPSA) is 58.3 Å². The number of anilines is 2. The van der Waals surface area contributed by atoms with Gasteiger partial charge in [-0.1, -0.05) is 18.9 Å². The van der Waals surface area contributed by atoms with Crippen molar-refractivity contribution in [2.75, 3.05) is 24.2 Å². The van der Waals surface area contributed by atoms with E-state index in [0.29, 0.717) is 18.4 Å². The summed E-state index contributed by atoms with van der Waals surface area (Å²) in [5.41, 5.74) is 8.95. The minimum absolute atomic E-state index is 0.322. The fourth-order valence-electron chi connectivity index (χ4n) is 2.86. The first kappa shape index (κ1) is 13.2. The Morgan fingerprint density at radius 1 is 1.28 bits per heavy atom. The van der Waals surface area contributed by atoms with E-state index in [9.17, 15) is 5.11 Å². The van der Waals surface area contributed by atoms with Crippen LogP contribution in [0.5, 0.6) is 0 Å². The third-order valence-electron chi connectivity index (χ3n) is 4.12. The molecule has 4 N–H and O–H groups in total. The highest BCUT2D eigenvalue weighted by atomic mass is 16.3. The summed E-state index contributed by atoms with van der Waals surface area (Å²) in [5, 5.41) is 12.9. The van der Waals surface area contributed by atoms with Gasteiger partial charge in [-0.15, -0.1) is 0 Å². The van der Waals surface area contributed by atoms with Crippen molar-refractivity contribution in [2.45, 2.75) is 32.6 Å². The van der Waals surface area contributed by atoms with Gasteiger partial charge >= 0.3 is 0 Å². The van der Waals surface area contributed by atoms with E-state index in [1.165, 1.54) is 31.2 Å². The van der Waals surface area contributed by atoms with E-state index in [4.69, 9.17) is 5.73 Å². The highest BCUT2D eigenvalue weighted by Crippen LogP contribution is 2.30. The maximum absolute atomic E-state index is 9.41. The second kappa shape index (κ2) is 6.10. The second-order valence-corrected chi connectivity index (χ2v) is 5.44. The van der Waals surface area contributed by atoms with Crippen LogP contribution >= 0.6 is 0 Å². The number of aliphatic hydroxyl groups excluding tert-OH is 1. The van der Waals surface area contributed by atoms with Gasteiger partial charge in [-0.2, -0.15) is 0 Å². The van der Waals surface area contributed by atoms with Gasteiger partial charge in [0.2, 0.25) is 0 Å². The largest absolute Gasteiger partial charge is 0.399 e. The molecule has 2 unspecified atom stereocenters. The van der Waals surface area contributed by atoms with Crippen molar-refractivity contribution in [3.8, 4) is 0 Å². The molecule has 100 valence electrons. The van der Waals surface area contributed by atoms with Gasteiger partial charge in [0.05, 0.1) is 0 Å². The first-order valence-corrected chi connectivity index (χ1v) is 6.91. The van der Waals surface area contributed by atoms with Crippen LogP contribution in [0.25, 0.3) is 0 Å². The Morgan fingerprint density at radius 3 is 2.72 bits per heavy atom. The van der Waals surface area contributed by atoms with E-state index < -0.39 is 0 Å². The zero-order valence-corrected chi connectivity index (χ0v) is 11.2. The van der Waals surface area contributed by atoms with E-state index in [1.807, 2.05) is 18.2 Å². The fraction of sp³-hybridized carbons (Fsp3) is 0.600. The number of aliphatic hydroxyl groups is 1. The monoisotopic (exact) mass is 248 g/mol. The van der Waals surface area contributed by atoms with E-state index in [1.54, 1.807) is 0 Å². The van der Waals surface area contributed by atoms with Crippen LogP contribution in [0.4, 0.5) is 11.4 Å². The summed E-state index contributed by atoms with van der Waals surface area (Å²) in [6, 6.07) is 5.96. The van der Waals surface area contributed by atoms with Crippen LogP contribution in [-0.2, 0) is 0 Å². The van der Waals surface area contributed by atoms with Crippen molar-refractivity contribution in [1.82, 2.24) is 0 Å². The SMILES string of the molecule is Cc1ccc(N)cc1NCC1CCCCC1CO. The maximum atomic E-state index is 9.41. The lowest BCUT2D eigenvalue weighted by Crippen LogP contribution is -2.28. The number of benzene rings is 1. The summed E-state index contributed by atoms with van der Waals surface area (Å²) in [4.78, 5) is 0. The molecule has 2 rings (SSSR count). The van der Waals surface area contributed by atoms with Crippen molar-refractivity contribution >= 4 is 11.4 Å². The molecule has 0 radical (unpaired) electrons. The van der Waals surface area contributed by atoms with Crippen molar-refractivity contribution in [3.63, 3.8) is 0 Å². The number of nitrogens with two attached hydrogens (primary N) is 1. The van der Waals surface area contributed by atoms with Crippen LogP contribution in [0, 0.1) is 18.8 Å². The number of hydrogen-bond donors (Lipinski definition) is 3. The lowest BCUT2D eigenvalue weighted by Gasteiger charge is -2.30. The van der Waals surface area contributed by atoms with Crippen LogP contribution in [0.1, 0.15) is 31.2 Å². The van der Waals surface area contributed by atoms with Gasteiger partial charge in [-0.3, -0.25) is 0 Å². The predicted molar refractivity (Wildman–Crippen MR) is 76.6 cm³/mol. The number of nitrogen functional groups attached to an aromatic ring is 1. The molecule has 3 nitrogen and oxygen atoms in total. The Balaban J connectivity index is 1.95. The Labute approximate surface area is 109 Å². The summed E-state index contributed by atoms with van der Waals surface area (Å²) in [7, 11) is 0. The number of nitrogens with one attached hydrogen (secondary N) is 1. The molecule has 0 aliphatic heterocycles. The van der Waals surface area contributed by atoms with Gasteiger partial charge in [-0.25, -0.2) is 0 Å². The van der Waals surface area contributed by atoms with Crippen LogP contribution in [-0.4, -0.2) is 18.3 Å². The molecule has 0 bridgehead atoms. The Hall–Kier alpha value is -1.22. The van der Waals surface area contributed by atoms with Crippen LogP contribution < -0.4 is 11.1 Å². The lowest BCUT2D eigenvalue weighted by molar-refractivity contribution is 0.141. The van der Waals surface area contributed by atoms with Gasteiger partial charge in [0.15, 0.2) is 0 Å². The molecule has 18 heavy (non-hydrogen) atoms. The molecule has 0 heterocycles. The molecule has 1 aromatic rings. The first-order chi connectivity index (χ1) is 8.70. The summed E-state index contributed by atoms with van der Waals surface area (Å²) >= 11 is 0. The van der Waals surface area contributed by atoms with E-state index in [-0.39, 0.29) is 0 Å². The van der Waals surface area contributed by atoms with E-state index >= 15 is 0 Å². The highest BCUT2D eigenvalue weighted by Gasteiger charge is 2.24. The molecule has 1 aliphatic carbocycles. The average molecular weight is 248 g/mol. The molecular formula is C15H24N2O. The molecule has 2 atom stereocenters. The molecular weight excluding hydrogens is 224 g/mol. The molecule has 1 aromatic carbocycles. The average Bonchev–Trinajstić information content (AvgIpc) is 2.40. The Morgan fingerprint density at radius 2 is 2.00 bits per heavy atom.